The summed E-state index contributed by atoms with van der Waals surface area (Å²) >= 11 is 0.821. The minimum Gasteiger partial charge on any atom is -0.622 e. The highest BCUT2D eigenvalue weighted by atomic mass is 32.2. The van der Waals surface area contributed by atoms with Gasteiger partial charge in [-0.15, -0.1) is 0 Å². The number of aryl methyl sites for hydroxylation is 1. The van der Waals surface area contributed by atoms with Crippen LogP contribution in [0.2, 0.25) is 0 Å². The highest BCUT2D eigenvalue weighted by Crippen LogP contribution is 2.36. The van der Waals surface area contributed by atoms with Crippen LogP contribution in [-0.4, -0.2) is 61.5 Å². The zero-order valence-corrected chi connectivity index (χ0v) is 17.5. The first-order valence-electron chi connectivity index (χ1n) is 8.82. The number of pyridine rings is 1. The van der Waals surface area contributed by atoms with Gasteiger partial charge in [0.25, 0.3) is 11.4 Å². The van der Waals surface area contributed by atoms with Gasteiger partial charge in [0.2, 0.25) is 0 Å². The number of hydroxylamine groups is 2. The van der Waals surface area contributed by atoms with Gasteiger partial charge in [-0.25, -0.2) is 23.1 Å². The lowest BCUT2D eigenvalue weighted by atomic mass is 10.2. The molecule has 152 valence electrons. The Balaban J connectivity index is 1.84. The molecule has 2 unspecified atom stereocenters. The lowest BCUT2D eigenvalue weighted by Gasteiger charge is -2.38. The second-order valence-corrected chi connectivity index (χ2v) is 10.1. The van der Waals surface area contributed by atoms with E-state index in [1.54, 1.807) is 30.3 Å². The van der Waals surface area contributed by atoms with Crippen molar-refractivity contribution in [1.82, 2.24) is 19.5 Å². The molecule has 3 heterocycles. The fourth-order valence-corrected chi connectivity index (χ4v) is 5.17. The average Bonchev–Trinajstić information content (AvgIpc) is 3.28. The van der Waals surface area contributed by atoms with Gasteiger partial charge in [-0.2, -0.15) is 4.98 Å². The Morgan fingerprint density at radius 1 is 1.36 bits per heavy atom. The topological polar surface area (TPSA) is 113 Å². The molecule has 0 saturated carbocycles. The highest BCUT2D eigenvalue weighted by molar-refractivity contribution is 7.93. The summed E-state index contributed by atoms with van der Waals surface area (Å²) in [5.74, 6) is -0.773. The number of thiazole rings is 1. The van der Waals surface area contributed by atoms with Crippen molar-refractivity contribution in [2.24, 2.45) is 0 Å². The Labute approximate surface area is 167 Å². The molecule has 1 saturated heterocycles. The van der Waals surface area contributed by atoms with E-state index in [9.17, 15) is 18.4 Å². The van der Waals surface area contributed by atoms with Crippen molar-refractivity contribution < 1.29 is 17.9 Å². The van der Waals surface area contributed by atoms with Crippen LogP contribution < -0.4 is 4.65 Å². The molecule has 3 rings (SSSR count). The van der Waals surface area contributed by atoms with Crippen LogP contribution in [-0.2, 0) is 21.0 Å². The van der Waals surface area contributed by atoms with E-state index in [4.69, 9.17) is 4.74 Å². The second kappa shape index (κ2) is 7.84. The summed E-state index contributed by atoms with van der Waals surface area (Å²) in [5.41, 5.74) is 1.10. The van der Waals surface area contributed by atoms with Gasteiger partial charge in [0, 0.05) is 6.20 Å². The van der Waals surface area contributed by atoms with E-state index in [0.29, 0.717) is 0 Å². The van der Waals surface area contributed by atoms with Gasteiger partial charge in [0.05, 0.1) is 18.5 Å². The van der Waals surface area contributed by atoms with Crippen molar-refractivity contribution in [3.05, 3.63) is 41.0 Å². The minimum absolute atomic E-state index is 0.000721. The van der Waals surface area contributed by atoms with Crippen molar-refractivity contribution in [2.75, 3.05) is 26.0 Å². The van der Waals surface area contributed by atoms with E-state index >= 15 is 0 Å². The van der Waals surface area contributed by atoms with Crippen LogP contribution in [0.3, 0.4) is 0 Å². The Morgan fingerprint density at radius 3 is 2.71 bits per heavy atom. The predicted molar refractivity (Wildman–Crippen MR) is 105 cm³/mol. The third-order valence-corrected chi connectivity index (χ3v) is 7.95. The number of hydrogen-bond donors (Lipinski definition) is 0. The third kappa shape index (κ3) is 3.94. The maximum absolute atomic E-state index is 13.5. The molecule has 0 amide bonds. The van der Waals surface area contributed by atoms with Crippen molar-refractivity contribution in [2.45, 2.75) is 30.7 Å². The van der Waals surface area contributed by atoms with Crippen LogP contribution in [0.15, 0.2) is 28.7 Å². The molecule has 0 aliphatic carbocycles. The van der Waals surface area contributed by atoms with Gasteiger partial charge in [-0.3, -0.25) is 4.65 Å². The first kappa shape index (κ1) is 20.8. The summed E-state index contributed by atoms with van der Waals surface area (Å²) in [4.78, 5) is 22.3. The molecule has 2 aromatic heterocycles. The SMILES string of the molecule is CCc1ccc(C(=O)OC2CN(C)C[N+]2([O-])c2ncc(S(=O)(=O)CC)s2)nc1. The fraction of sp³-hybridized carbons (Fsp3) is 0.471. The van der Waals surface area contributed by atoms with Gasteiger partial charge < -0.3 is 9.94 Å². The van der Waals surface area contributed by atoms with Crippen LogP contribution in [0, 0.1) is 5.21 Å². The summed E-state index contributed by atoms with van der Waals surface area (Å²) in [6, 6.07) is 3.35. The first-order chi connectivity index (χ1) is 13.2. The van der Waals surface area contributed by atoms with Crippen molar-refractivity contribution in [1.29, 1.82) is 0 Å². The van der Waals surface area contributed by atoms with Crippen LogP contribution >= 0.6 is 11.3 Å². The maximum atomic E-state index is 13.5. The molecule has 1 aliphatic rings. The summed E-state index contributed by atoms with van der Waals surface area (Å²) in [6.07, 6.45) is 2.52. The fourth-order valence-electron chi connectivity index (χ4n) is 2.86. The molecule has 0 N–H and O–H groups in total. The number of hydrogen-bond acceptors (Lipinski definition) is 9. The molecule has 2 atom stereocenters. The van der Waals surface area contributed by atoms with E-state index in [2.05, 4.69) is 9.97 Å². The maximum Gasteiger partial charge on any atom is 0.361 e. The number of carbonyl (C=O) groups is 1. The Kier molecular flexibility index (Phi) is 5.82. The van der Waals surface area contributed by atoms with E-state index in [0.717, 1.165) is 23.3 Å². The van der Waals surface area contributed by atoms with Crippen LogP contribution in [0.5, 0.6) is 0 Å². The Bertz CT molecular complexity index is 960. The number of ether oxygens (including phenoxy) is 1. The summed E-state index contributed by atoms with van der Waals surface area (Å²) < 4.78 is 28.6. The smallest absolute Gasteiger partial charge is 0.361 e. The molecule has 0 spiro atoms. The number of aromatic nitrogens is 2. The molecule has 9 nitrogen and oxygen atoms in total. The zero-order valence-electron chi connectivity index (χ0n) is 15.9. The quantitative estimate of drug-likeness (QED) is 0.390. The predicted octanol–water partition coefficient (Wildman–Crippen LogP) is 1.79. The van der Waals surface area contributed by atoms with Crippen LogP contribution in [0.25, 0.3) is 0 Å². The minimum atomic E-state index is -3.46. The lowest BCUT2D eigenvalue weighted by molar-refractivity contribution is 0.00507. The Morgan fingerprint density at radius 2 is 2.11 bits per heavy atom. The molecule has 2 aromatic rings. The normalized spacial score (nSPS) is 23.1. The molecule has 1 fully saturated rings. The second-order valence-electron chi connectivity index (χ2n) is 6.61. The van der Waals surface area contributed by atoms with Gasteiger partial charge in [-0.05, 0) is 36.4 Å². The molecular weight excluding hydrogens is 404 g/mol. The van der Waals surface area contributed by atoms with E-state index < -0.39 is 26.7 Å². The van der Waals surface area contributed by atoms with E-state index in [1.165, 1.54) is 13.1 Å². The average molecular weight is 427 g/mol. The number of nitrogens with zero attached hydrogens (tertiary/aromatic N) is 4. The number of quaternary nitrogens is 1. The molecule has 28 heavy (non-hydrogen) atoms. The largest absolute Gasteiger partial charge is 0.622 e. The Hall–Kier alpha value is -1.92. The number of rotatable bonds is 6. The van der Waals surface area contributed by atoms with Crippen molar-refractivity contribution in [3.63, 3.8) is 0 Å². The summed E-state index contributed by atoms with van der Waals surface area (Å²) in [7, 11) is -1.74. The standard InChI is InChI=1S/C17H22N4O5S2/c1-4-12-6-7-13(18-8-12)16(22)26-14-10-20(3)11-21(14,23)17-19-9-15(27-17)28(24,25)5-2/h6-9,14H,4-5,10-11H2,1-3H3. The van der Waals surface area contributed by atoms with Gasteiger partial charge in [-0.1, -0.05) is 19.9 Å². The number of likely N-dealkylation sites (N-methyl/N-ethyl adjacent to an activating group) is 1. The molecule has 1 aliphatic heterocycles. The number of esters is 1. The van der Waals surface area contributed by atoms with Gasteiger partial charge in [0.15, 0.2) is 9.84 Å². The first-order valence-corrected chi connectivity index (χ1v) is 11.3. The van der Waals surface area contributed by atoms with Gasteiger partial charge in [0.1, 0.15) is 16.6 Å². The summed E-state index contributed by atoms with van der Waals surface area (Å²) in [5, 5.41) is 13.5. The molecule has 11 heteroatoms. The molecule has 0 aromatic carbocycles. The zero-order chi connectivity index (χ0) is 20.5. The highest BCUT2D eigenvalue weighted by Gasteiger charge is 2.45. The van der Waals surface area contributed by atoms with Crippen LogP contribution in [0.4, 0.5) is 5.13 Å². The molecule has 0 radical (unpaired) electrons. The third-order valence-electron chi connectivity index (χ3n) is 4.55. The van der Waals surface area contributed by atoms with Crippen LogP contribution in [0.1, 0.15) is 29.9 Å². The van der Waals surface area contributed by atoms with E-state index in [-0.39, 0.29) is 34.0 Å². The van der Waals surface area contributed by atoms with E-state index in [1.807, 2.05) is 6.92 Å². The van der Waals surface area contributed by atoms with Gasteiger partial charge >= 0.3 is 5.97 Å². The van der Waals surface area contributed by atoms with Crippen molar-refractivity contribution >= 4 is 32.3 Å². The summed E-state index contributed by atoms with van der Waals surface area (Å²) in [6.45, 7) is 3.71. The monoisotopic (exact) mass is 426 g/mol. The molecule has 0 bridgehead atoms. The number of carbonyl (C=O) groups excluding carboxylic acids is 1. The lowest BCUT2D eigenvalue weighted by Crippen LogP contribution is -2.50. The molecular formula is C17H22N4O5S2. The number of sulfone groups is 1. The van der Waals surface area contributed by atoms with Crippen molar-refractivity contribution in [3.8, 4) is 0 Å².